The summed E-state index contributed by atoms with van der Waals surface area (Å²) in [5.74, 6) is -0.119. The summed E-state index contributed by atoms with van der Waals surface area (Å²) in [7, 11) is -2.10. The van der Waals surface area contributed by atoms with Crippen LogP contribution in [0.5, 0.6) is 0 Å². The molecule has 5 nitrogen and oxygen atoms in total. The summed E-state index contributed by atoms with van der Waals surface area (Å²) in [4.78, 5) is 0. The van der Waals surface area contributed by atoms with Gasteiger partial charge in [-0.3, -0.25) is 0 Å². The third-order valence-corrected chi connectivity index (χ3v) is 12.3. The minimum absolute atomic E-state index is 0.000526. The Morgan fingerprint density at radius 3 is 1.93 bits per heavy atom. The van der Waals surface area contributed by atoms with Gasteiger partial charge in [-0.25, -0.2) is 0 Å². The van der Waals surface area contributed by atoms with Gasteiger partial charge in [0.05, 0.1) is 54.2 Å². The van der Waals surface area contributed by atoms with Crippen LogP contribution in [0.2, 0.25) is 0 Å². The third-order valence-electron chi connectivity index (χ3n) is 9.20. The first-order valence-electron chi connectivity index (χ1n) is 14.6. The number of benzene rings is 2. The van der Waals surface area contributed by atoms with E-state index < -0.39 is 48.4 Å². The molecular formula is C32H37F6O5P. The van der Waals surface area contributed by atoms with E-state index in [1.54, 1.807) is 7.11 Å². The predicted molar refractivity (Wildman–Crippen MR) is 154 cm³/mol. The Morgan fingerprint density at radius 2 is 1.50 bits per heavy atom. The molecule has 3 fully saturated rings. The van der Waals surface area contributed by atoms with E-state index in [0.29, 0.717) is 19.4 Å². The minimum Gasteiger partial charge on any atom is -0.378 e. The van der Waals surface area contributed by atoms with Crippen molar-refractivity contribution in [2.24, 2.45) is 5.92 Å². The summed E-state index contributed by atoms with van der Waals surface area (Å²) in [6.45, 7) is 6.66. The summed E-state index contributed by atoms with van der Waals surface area (Å²) >= 11 is 0. The molecule has 0 unspecified atom stereocenters. The molecule has 5 rings (SSSR count). The van der Waals surface area contributed by atoms with Crippen LogP contribution in [0.3, 0.4) is 0 Å². The molecule has 3 aliphatic rings. The van der Waals surface area contributed by atoms with Crippen molar-refractivity contribution >= 4 is 17.8 Å². The zero-order chi connectivity index (χ0) is 32.1. The van der Waals surface area contributed by atoms with E-state index in [1.807, 2.05) is 13.8 Å². The molecule has 1 spiro atoms. The van der Waals surface area contributed by atoms with E-state index in [2.05, 4.69) is 13.0 Å². The molecule has 0 N–H and O–H groups in total. The van der Waals surface area contributed by atoms with Crippen molar-refractivity contribution in [2.45, 2.75) is 81.9 Å². The van der Waals surface area contributed by atoms with Gasteiger partial charge in [0.25, 0.3) is 0 Å². The lowest BCUT2D eigenvalue weighted by Gasteiger charge is -2.43. The zero-order valence-electron chi connectivity index (χ0n) is 25.0. The Bertz CT molecular complexity index is 1330. The third kappa shape index (κ3) is 6.54. The molecule has 12 heteroatoms. The van der Waals surface area contributed by atoms with Crippen molar-refractivity contribution in [2.75, 3.05) is 26.5 Å². The highest BCUT2D eigenvalue weighted by molar-refractivity contribution is 7.78. The fourth-order valence-corrected chi connectivity index (χ4v) is 9.08. The number of allylic oxidation sites excluding steroid dienone is 1. The van der Waals surface area contributed by atoms with Crippen molar-refractivity contribution < 1.29 is 49.9 Å². The maximum Gasteiger partial charge on any atom is 0.416 e. The Kier molecular flexibility index (Phi) is 8.97. The lowest BCUT2D eigenvalue weighted by atomic mass is 9.68. The van der Waals surface area contributed by atoms with E-state index in [1.165, 1.54) is 5.57 Å². The Morgan fingerprint density at radius 1 is 0.977 bits per heavy atom. The minimum atomic E-state index is -4.60. The molecule has 242 valence electrons. The molecule has 2 aliphatic heterocycles. The SMILES string of the molecule is CO[C@@H]1[C@H](OCCP(=O)(c2ccc(C(F)(F)F)cc2)c2ccc(C(F)(F)F)cc2)CC[C@]2(CO2)[C@H]1[C@@]1(C)O[C@@H]1CC=C(C)C. The highest BCUT2D eigenvalue weighted by atomic mass is 31.2. The highest BCUT2D eigenvalue weighted by Gasteiger charge is 2.72. The fraction of sp³-hybridized carbons (Fsp3) is 0.562. The number of ether oxygens (including phenoxy) is 4. The molecule has 0 radical (unpaired) electrons. The average Bonchev–Trinajstić information content (AvgIpc) is 3.88. The van der Waals surface area contributed by atoms with E-state index >= 15 is 0 Å². The molecule has 0 amide bonds. The van der Waals surface area contributed by atoms with Gasteiger partial charge in [0, 0.05) is 23.9 Å². The van der Waals surface area contributed by atoms with Crippen LogP contribution < -0.4 is 10.6 Å². The number of hydrogen-bond acceptors (Lipinski definition) is 5. The monoisotopic (exact) mass is 646 g/mol. The molecule has 2 heterocycles. The Hall–Kier alpha value is -2.17. The van der Waals surface area contributed by atoms with Gasteiger partial charge in [0.2, 0.25) is 0 Å². The first-order chi connectivity index (χ1) is 20.5. The average molecular weight is 647 g/mol. The second-order valence-electron chi connectivity index (χ2n) is 12.3. The van der Waals surface area contributed by atoms with Gasteiger partial charge < -0.3 is 23.5 Å². The molecule has 2 saturated heterocycles. The van der Waals surface area contributed by atoms with Gasteiger partial charge in [-0.15, -0.1) is 0 Å². The lowest BCUT2D eigenvalue weighted by molar-refractivity contribution is -0.138. The van der Waals surface area contributed by atoms with Crippen molar-refractivity contribution in [3.63, 3.8) is 0 Å². The standard InChI is InChI=1S/C32H37F6O5P/c1-20(2)5-14-26-29(3,43-26)28-27(40-4)25(15-16-30(28)19-42-30)41-17-18-44(39,23-10-6-21(7-11-23)31(33,34)35)24-12-8-22(9-13-24)32(36,37)38/h5-13,25-28H,14-19H2,1-4H3/t25-,26-,27-,28-,29+,30+/m1/s1. The van der Waals surface area contributed by atoms with Crippen molar-refractivity contribution in [3.05, 3.63) is 71.3 Å². The number of epoxide rings is 2. The van der Waals surface area contributed by atoms with Crippen LogP contribution in [0.4, 0.5) is 26.3 Å². The van der Waals surface area contributed by atoms with Crippen LogP contribution in [-0.2, 0) is 35.9 Å². The second-order valence-corrected chi connectivity index (χ2v) is 15.3. The first-order valence-corrected chi connectivity index (χ1v) is 16.5. The molecule has 0 aromatic heterocycles. The molecule has 1 saturated carbocycles. The highest BCUT2D eigenvalue weighted by Crippen LogP contribution is 2.59. The predicted octanol–water partition coefficient (Wildman–Crippen LogP) is 7.13. The lowest BCUT2D eigenvalue weighted by Crippen LogP contribution is -2.55. The maximum absolute atomic E-state index is 14.5. The smallest absolute Gasteiger partial charge is 0.378 e. The maximum atomic E-state index is 14.5. The van der Waals surface area contributed by atoms with Crippen molar-refractivity contribution in [1.29, 1.82) is 0 Å². The number of rotatable bonds is 10. The summed E-state index contributed by atoms with van der Waals surface area (Å²) in [6, 6.07) is 7.83. The van der Waals surface area contributed by atoms with Crippen LogP contribution in [0.25, 0.3) is 0 Å². The van der Waals surface area contributed by atoms with Gasteiger partial charge in [-0.1, -0.05) is 35.9 Å². The van der Waals surface area contributed by atoms with Crippen molar-refractivity contribution in [3.8, 4) is 0 Å². The van der Waals surface area contributed by atoms with Gasteiger partial charge in [0.1, 0.15) is 12.7 Å². The molecule has 1 aliphatic carbocycles. The zero-order valence-corrected chi connectivity index (χ0v) is 25.9. The van der Waals surface area contributed by atoms with E-state index in [9.17, 15) is 30.9 Å². The van der Waals surface area contributed by atoms with E-state index in [4.69, 9.17) is 18.9 Å². The Balaban J connectivity index is 1.36. The molecule has 0 bridgehead atoms. The summed E-state index contributed by atoms with van der Waals surface area (Å²) < 4.78 is 118. The van der Waals surface area contributed by atoms with Crippen molar-refractivity contribution in [1.82, 2.24) is 0 Å². The van der Waals surface area contributed by atoms with Crippen LogP contribution >= 0.6 is 7.14 Å². The number of hydrogen-bond donors (Lipinski definition) is 0. The Labute approximate surface area is 253 Å². The molecule has 44 heavy (non-hydrogen) atoms. The fourth-order valence-electron chi connectivity index (χ4n) is 6.64. The van der Waals surface area contributed by atoms with Gasteiger partial charge in [-0.05, 0) is 64.3 Å². The van der Waals surface area contributed by atoms with E-state index in [0.717, 1.165) is 55.0 Å². The van der Waals surface area contributed by atoms with Crippen LogP contribution in [-0.4, -0.2) is 56.0 Å². The second kappa shape index (κ2) is 11.9. The number of methoxy groups -OCH3 is 1. The van der Waals surface area contributed by atoms with Gasteiger partial charge in [0.15, 0.2) is 0 Å². The molecule has 6 atom stereocenters. The van der Waals surface area contributed by atoms with Crippen LogP contribution in [0, 0.1) is 5.92 Å². The quantitative estimate of drug-likeness (QED) is 0.119. The summed E-state index contributed by atoms with van der Waals surface area (Å²) in [5, 5.41) is 0.204. The van der Waals surface area contributed by atoms with Gasteiger partial charge in [-0.2, -0.15) is 26.3 Å². The molecule has 2 aromatic rings. The molecule has 2 aromatic carbocycles. The first kappa shape index (κ1) is 33.2. The number of halogens is 6. The van der Waals surface area contributed by atoms with Crippen LogP contribution in [0.1, 0.15) is 51.2 Å². The number of alkyl halides is 6. The normalized spacial score (nSPS) is 30.3. The molecular weight excluding hydrogens is 609 g/mol. The summed E-state index contributed by atoms with van der Waals surface area (Å²) in [5.41, 5.74) is -1.49. The topological polar surface area (TPSA) is 60.6 Å². The van der Waals surface area contributed by atoms with Gasteiger partial charge >= 0.3 is 12.4 Å². The summed E-state index contributed by atoms with van der Waals surface area (Å²) in [6.07, 6.45) is -5.90. The van der Waals surface area contributed by atoms with Crippen LogP contribution in [0.15, 0.2) is 60.2 Å². The largest absolute Gasteiger partial charge is 0.416 e. The van der Waals surface area contributed by atoms with E-state index in [-0.39, 0.29) is 41.0 Å².